The van der Waals surface area contributed by atoms with Crippen molar-refractivity contribution in [1.29, 1.82) is 0 Å². The summed E-state index contributed by atoms with van der Waals surface area (Å²) in [5.41, 5.74) is 0. The molecule has 0 heterocycles. The normalized spacial score (nSPS) is 5.00. The van der Waals surface area contributed by atoms with Gasteiger partial charge in [-0.2, -0.15) is 0 Å². The van der Waals surface area contributed by atoms with Crippen LogP contribution in [0.5, 0.6) is 0 Å². The number of carboxylic acids is 1. The second kappa shape index (κ2) is 29.7. The number of carbonyl (C=O) groups is 1. The molecule has 0 radical (unpaired) electrons. The first-order chi connectivity index (χ1) is 5.27. The highest BCUT2D eigenvalue weighted by Crippen LogP contribution is 1.79. The molecule has 1 aromatic rings. The van der Waals surface area contributed by atoms with Crippen LogP contribution >= 0.6 is 84.9 Å². The lowest BCUT2D eigenvalue weighted by Gasteiger charge is -1.69. The van der Waals surface area contributed by atoms with Gasteiger partial charge in [0, 0.05) is 6.08 Å². The molecule has 0 saturated heterocycles. The first kappa shape index (κ1) is 36.0. The summed E-state index contributed by atoms with van der Waals surface area (Å²) in [7, 11) is 0. The quantitative estimate of drug-likeness (QED) is 0.505. The number of benzene rings is 1. The van der Waals surface area contributed by atoms with Crippen LogP contribution in [0.4, 0.5) is 0 Å². The maximum Gasteiger partial charge on any atom is 0.327 e. The van der Waals surface area contributed by atoms with Gasteiger partial charge in [0.05, 0.1) is 0 Å². The number of hydrogen-bond acceptors (Lipinski definition) is 1. The van der Waals surface area contributed by atoms with Crippen molar-refractivity contribution < 1.29 is 9.90 Å². The number of rotatable bonds is 1. The van der Waals surface area contributed by atoms with Gasteiger partial charge in [0.15, 0.2) is 0 Å². The minimum atomic E-state index is -0.981. The molecule has 0 aliphatic rings. The van der Waals surface area contributed by atoms with E-state index in [9.17, 15) is 4.79 Å². The van der Waals surface area contributed by atoms with Crippen molar-refractivity contribution in [2.45, 2.75) is 0 Å². The molecule has 0 fully saturated rings. The number of halogens is 5. The molecule has 0 aromatic heterocycles. The van der Waals surface area contributed by atoms with Crippen molar-refractivity contribution in [2.24, 2.45) is 0 Å². The lowest BCUT2D eigenvalue weighted by molar-refractivity contribution is -0.131. The zero-order chi connectivity index (χ0) is 8.53. The van der Waals surface area contributed by atoms with Gasteiger partial charge in [-0.05, 0) is 0 Å². The second-order valence-electron chi connectivity index (χ2n) is 1.70. The Hall–Kier alpha value is 0.830. The van der Waals surface area contributed by atoms with Gasteiger partial charge in [0.1, 0.15) is 0 Å². The van der Waals surface area contributed by atoms with Crippen LogP contribution in [-0.2, 0) is 4.79 Å². The smallest absolute Gasteiger partial charge is 0.327 e. The highest BCUT2D eigenvalue weighted by molar-refractivity contribution is 8.93. The van der Waals surface area contributed by atoms with Crippen molar-refractivity contribution in [2.75, 3.05) is 0 Å². The summed E-state index contributed by atoms with van der Waals surface area (Å²) in [4.78, 5) is 9.25. The van der Waals surface area contributed by atoms with E-state index in [2.05, 4.69) is 6.58 Å². The number of carboxylic acid groups (broad SMARTS) is 1. The second-order valence-corrected chi connectivity index (χ2v) is 1.70. The van der Waals surface area contributed by atoms with E-state index in [1.807, 2.05) is 36.4 Å². The fraction of sp³-hybridized carbons (Fsp3) is 0. The van der Waals surface area contributed by atoms with E-state index in [-0.39, 0.29) is 84.9 Å². The summed E-state index contributed by atoms with van der Waals surface area (Å²) in [6, 6.07) is 12.0. The summed E-state index contributed by atoms with van der Waals surface area (Å²) in [5, 5.41) is 7.60. The average Bonchev–Trinajstić information content (AvgIpc) is 2.09. The molecule has 7 heteroatoms. The SMILES string of the molecule is Br.Br.Br.Br.Br.C=CC(=O)O.c1ccccc1. The molecule has 0 spiro atoms. The van der Waals surface area contributed by atoms with E-state index in [0.29, 0.717) is 0 Å². The molecule has 0 atom stereocenters. The van der Waals surface area contributed by atoms with E-state index in [1.165, 1.54) is 0 Å². The summed E-state index contributed by atoms with van der Waals surface area (Å²) < 4.78 is 0. The Bertz CT molecular complexity index is 192. The predicted octanol–water partition coefficient (Wildman–Crippen LogP) is 4.83. The van der Waals surface area contributed by atoms with Gasteiger partial charge in [-0.15, -0.1) is 84.9 Å². The van der Waals surface area contributed by atoms with E-state index in [1.54, 1.807) is 0 Å². The van der Waals surface area contributed by atoms with Crippen LogP contribution in [0.3, 0.4) is 0 Å². The van der Waals surface area contributed by atoms with Crippen LogP contribution in [0.2, 0.25) is 0 Å². The Labute approximate surface area is 148 Å². The largest absolute Gasteiger partial charge is 0.478 e. The minimum Gasteiger partial charge on any atom is -0.478 e. The fourth-order valence-electron chi connectivity index (χ4n) is 0.385. The van der Waals surface area contributed by atoms with Gasteiger partial charge in [0.2, 0.25) is 0 Å². The van der Waals surface area contributed by atoms with Gasteiger partial charge in [-0.25, -0.2) is 4.79 Å². The molecule has 2 nitrogen and oxygen atoms in total. The Morgan fingerprint density at radius 2 is 0.938 bits per heavy atom. The summed E-state index contributed by atoms with van der Waals surface area (Å²) in [6.07, 6.45) is 0.833. The molecule has 0 unspecified atom stereocenters. The van der Waals surface area contributed by atoms with Crippen LogP contribution in [0.1, 0.15) is 0 Å². The van der Waals surface area contributed by atoms with Crippen LogP contribution < -0.4 is 0 Å². The van der Waals surface area contributed by atoms with Crippen LogP contribution in [-0.4, -0.2) is 11.1 Å². The van der Waals surface area contributed by atoms with E-state index >= 15 is 0 Å². The van der Waals surface area contributed by atoms with Crippen molar-refractivity contribution in [3.05, 3.63) is 49.1 Å². The van der Waals surface area contributed by atoms with Crippen LogP contribution in [0.15, 0.2) is 49.1 Å². The maximum absolute atomic E-state index is 9.25. The maximum atomic E-state index is 9.25. The van der Waals surface area contributed by atoms with Crippen molar-refractivity contribution in [3.8, 4) is 0 Å². The average molecular weight is 555 g/mol. The van der Waals surface area contributed by atoms with Crippen molar-refractivity contribution >= 4 is 90.9 Å². The Morgan fingerprint density at radius 3 is 1.00 bits per heavy atom. The van der Waals surface area contributed by atoms with Gasteiger partial charge in [-0.3, -0.25) is 0 Å². The van der Waals surface area contributed by atoms with E-state index in [4.69, 9.17) is 5.11 Å². The summed E-state index contributed by atoms with van der Waals surface area (Å²) >= 11 is 0. The summed E-state index contributed by atoms with van der Waals surface area (Å²) in [6.45, 7) is 2.96. The minimum absolute atomic E-state index is 0. The standard InChI is InChI=1S/C6H6.C3H4O2.5BrH/c1-2-4-6-5-3-1;1-2-3(4)5;;;;;/h1-6H;2H,1H2,(H,4,5);5*1H. The molecule has 1 aromatic carbocycles. The van der Waals surface area contributed by atoms with E-state index in [0.717, 1.165) is 6.08 Å². The number of hydrogen-bond donors (Lipinski definition) is 1. The molecule has 98 valence electrons. The zero-order valence-electron chi connectivity index (χ0n) is 8.15. The van der Waals surface area contributed by atoms with Gasteiger partial charge in [0.25, 0.3) is 0 Å². The van der Waals surface area contributed by atoms with E-state index < -0.39 is 5.97 Å². The molecule has 0 aliphatic carbocycles. The third-order valence-corrected chi connectivity index (χ3v) is 0.841. The highest BCUT2D eigenvalue weighted by Gasteiger charge is 1.73. The third-order valence-electron chi connectivity index (χ3n) is 0.841. The van der Waals surface area contributed by atoms with Gasteiger partial charge >= 0.3 is 5.97 Å². The van der Waals surface area contributed by atoms with Gasteiger partial charge < -0.3 is 5.11 Å². The molecular weight excluding hydrogens is 540 g/mol. The Balaban J connectivity index is -0.0000000241. The molecule has 0 bridgehead atoms. The summed E-state index contributed by atoms with van der Waals surface area (Å²) in [5.74, 6) is -0.981. The zero-order valence-corrected chi connectivity index (χ0v) is 16.7. The molecule has 1 N–H and O–H groups in total. The molecule has 0 amide bonds. The predicted molar refractivity (Wildman–Crippen MR) is 95.9 cm³/mol. The first-order valence-corrected chi connectivity index (χ1v) is 3.12. The first-order valence-electron chi connectivity index (χ1n) is 3.12. The molecule has 1 rings (SSSR count). The molecule has 16 heavy (non-hydrogen) atoms. The van der Waals surface area contributed by atoms with Crippen molar-refractivity contribution in [3.63, 3.8) is 0 Å². The Morgan fingerprint density at radius 1 is 0.812 bits per heavy atom. The fourth-order valence-corrected chi connectivity index (χ4v) is 0.385. The van der Waals surface area contributed by atoms with Crippen LogP contribution in [0, 0.1) is 0 Å². The topological polar surface area (TPSA) is 37.3 Å². The number of aliphatic carboxylic acids is 1. The van der Waals surface area contributed by atoms with Crippen LogP contribution in [0.25, 0.3) is 0 Å². The molecule has 0 saturated carbocycles. The van der Waals surface area contributed by atoms with Gasteiger partial charge in [-0.1, -0.05) is 43.0 Å². The highest BCUT2D eigenvalue weighted by atomic mass is 79.9. The molecular formula is C9H15Br5O2. The monoisotopic (exact) mass is 550 g/mol. The lowest BCUT2D eigenvalue weighted by atomic mass is 10.4. The molecule has 0 aliphatic heterocycles. The third kappa shape index (κ3) is 36.4. The lowest BCUT2D eigenvalue weighted by Crippen LogP contribution is -1.82. The van der Waals surface area contributed by atoms with Crippen molar-refractivity contribution in [1.82, 2.24) is 0 Å². The Kier molecular flexibility index (Phi) is 66.7.